The normalized spacial score (nSPS) is 28.6. The van der Waals surface area contributed by atoms with Gasteiger partial charge < -0.3 is 15.4 Å². The molecule has 1 heterocycles. The molecule has 1 aliphatic heterocycles. The Balaban J connectivity index is 1.71. The molecule has 2 fully saturated rings. The van der Waals surface area contributed by atoms with E-state index in [0.717, 1.165) is 32.0 Å². The molecular formula is C16H30N2O2. The molecule has 2 rings (SSSR count). The summed E-state index contributed by atoms with van der Waals surface area (Å²) in [5.41, 5.74) is 0. The topological polar surface area (TPSA) is 50.4 Å². The minimum Gasteiger partial charge on any atom is -0.381 e. The standard InChI is InChI=1S/C16H30N2O2/c1-12(2)14-5-3-4-6-15(14)17-11-16(19)18-13-7-9-20-10-8-13/h12-15,17H,3-11H2,1-2H3,(H,18,19). The maximum absolute atomic E-state index is 12.0. The van der Waals surface area contributed by atoms with E-state index in [9.17, 15) is 4.79 Å². The lowest BCUT2D eigenvalue weighted by Crippen LogP contribution is -2.48. The van der Waals surface area contributed by atoms with Gasteiger partial charge in [0.25, 0.3) is 0 Å². The second kappa shape index (κ2) is 7.99. The van der Waals surface area contributed by atoms with E-state index in [1.807, 2.05) is 0 Å². The minimum absolute atomic E-state index is 0.143. The highest BCUT2D eigenvalue weighted by Gasteiger charge is 2.27. The molecule has 1 saturated carbocycles. The fourth-order valence-corrected chi connectivity index (χ4v) is 3.56. The van der Waals surface area contributed by atoms with Crippen molar-refractivity contribution in [2.75, 3.05) is 19.8 Å². The van der Waals surface area contributed by atoms with Crippen molar-refractivity contribution in [2.45, 2.75) is 64.5 Å². The average molecular weight is 282 g/mol. The first-order valence-corrected chi connectivity index (χ1v) is 8.27. The molecule has 2 aliphatic rings. The molecule has 2 atom stereocenters. The zero-order chi connectivity index (χ0) is 14.4. The van der Waals surface area contributed by atoms with Crippen molar-refractivity contribution < 1.29 is 9.53 Å². The first kappa shape index (κ1) is 15.8. The van der Waals surface area contributed by atoms with Crippen molar-refractivity contribution in [1.82, 2.24) is 10.6 Å². The Hall–Kier alpha value is -0.610. The quantitative estimate of drug-likeness (QED) is 0.812. The number of hydrogen-bond acceptors (Lipinski definition) is 3. The lowest BCUT2D eigenvalue weighted by atomic mass is 9.78. The molecule has 116 valence electrons. The highest BCUT2D eigenvalue weighted by atomic mass is 16.5. The number of amides is 1. The summed E-state index contributed by atoms with van der Waals surface area (Å²) in [5.74, 6) is 1.57. The predicted molar refractivity (Wildman–Crippen MR) is 80.6 cm³/mol. The summed E-state index contributed by atoms with van der Waals surface area (Å²) in [7, 11) is 0. The third-order valence-electron chi connectivity index (χ3n) is 4.79. The van der Waals surface area contributed by atoms with Crippen molar-refractivity contribution in [3.63, 3.8) is 0 Å². The van der Waals surface area contributed by atoms with Gasteiger partial charge in [-0.3, -0.25) is 4.79 Å². The molecule has 0 spiro atoms. The largest absolute Gasteiger partial charge is 0.381 e. The smallest absolute Gasteiger partial charge is 0.234 e. The van der Waals surface area contributed by atoms with Crippen molar-refractivity contribution in [1.29, 1.82) is 0 Å². The van der Waals surface area contributed by atoms with E-state index in [4.69, 9.17) is 4.74 Å². The number of ether oxygens (including phenoxy) is 1. The first-order chi connectivity index (χ1) is 9.66. The Morgan fingerprint density at radius 2 is 1.85 bits per heavy atom. The molecule has 0 aromatic heterocycles. The van der Waals surface area contributed by atoms with Gasteiger partial charge in [0.15, 0.2) is 0 Å². The number of rotatable bonds is 5. The van der Waals surface area contributed by atoms with Crippen LogP contribution in [-0.2, 0) is 9.53 Å². The lowest BCUT2D eigenvalue weighted by Gasteiger charge is -2.35. The molecular weight excluding hydrogens is 252 g/mol. The maximum atomic E-state index is 12.0. The van der Waals surface area contributed by atoms with Gasteiger partial charge in [-0.15, -0.1) is 0 Å². The molecule has 2 unspecified atom stereocenters. The van der Waals surface area contributed by atoms with Crippen molar-refractivity contribution in [2.24, 2.45) is 11.8 Å². The van der Waals surface area contributed by atoms with Crippen LogP contribution in [-0.4, -0.2) is 37.7 Å². The van der Waals surface area contributed by atoms with Crippen LogP contribution in [0.2, 0.25) is 0 Å². The fraction of sp³-hybridized carbons (Fsp3) is 0.938. The van der Waals surface area contributed by atoms with Gasteiger partial charge in [0, 0.05) is 25.3 Å². The molecule has 1 saturated heterocycles. The molecule has 0 aromatic rings. The Bertz CT molecular complexity index is 301. The average Bonchev–Trinajstić information content (AvgIpc) is 2.46. The van der Waals surface area contributed by atoms with E-state index in [0.29, 0.717) is 24.5 Å². The van der Waals surface area contributed by atoms with E-state index in [2.05, 4.69) is 24.5 Å². The van der Waals surface area contributed by atoms with Gasteiger partial charge >= 0.3 is 0 Å². The summed E-state index contributed by atoms with van der Waals surface area (Å²) in [6, 6.07) is 0.828. The third kappa shape index (κ3) is 4.74. The molecule has 0 bridgehead atoms. The summed E-state index contributed by atoms with van der Waals surface area (Å²) < 4.78 is 5.31. The van der Waals surface area contributed by atoms with Gasteiger partial charge in [0.1, 0.15) is 0 Å². The molecule has 4 nitrogen and oxygen atoms in total. The van der Waals surface area contributed by atoms with E-state index in [-0.39, 0.29) is 5.91 Å². The molecule has 0 aromatic carbocycles. The summed E-state index contributed by atoms with van der Waals surface area (Å²) >= 11 is 0. The van der Waals surface area contributed by atoms with Crippen LogP contribution in [0.5, 0.6) is 0 Å². The van der Waals surface area contributed by atoms with Gasteiger partial charge in [0.2, 0.25) is 5.91 Å². The zero-order valence-corrected chi connectivity index (χ0v) is 13.0. The van der Waals surface area contributed by atoms with Crippen LogP contribution in [0.15, 0.2) is 0 Å². The molecule has 4 heteroatoms. The highest BCUT2D eigenvalue weighted by Crippen LogP contribution is 2.29. The predicted octanol–water partition coefficient (Wildman–Crippen LogP) is 2.09. The second-order valence-corrected chi connectivity index (χ2v) is 6.63. The molecule has 20 heavy (non-hydrogen) atoms. The number of nitrogens with one attached hydrogen (secondary N) is 2. The van der Waals surface area contributed by atoms with Crippen LogP contribution in [0.3, 0.4) is 0 Å². The Kier molecular flexibility index (Phi) is 6.30. The van der Waals surface area contributed by atoms with E-state index in [1.54, 1.807) is 0 Å². The Labute approximate surface area is 123 Å². The molecule has 1 amide bonds. The number of hydrogen-bond donors (Lipinski definition) is 2. The summed E-state index contributed by atoms with van der Waals surface area (Å²) in [4.78, 5) is 12.0. The van der Waals surface area contributed by atoms with E-state index >= 15 is 0 Å². The van der Waals surface area contributed by atoms with Gasteiger partial charge in [-0.1, -0.05) is 26.7 Å². The second-order valence-electron chi connectivity index (χ2n) is 6.63. The summed E-state index contributed by atoms with van der Waals surface area (Å²) in [6.07, 6.45) is 7.05. The van der Waals surface area contributed by atoms with E-state index in [1.165, 1.54) is 25.7 Å². The summed E-state index contributed by atoms with van der Waals surface area (Å²) in [5, 5.41) is 6.62. The maximum Gasteiger partial charge on any atom is 0.234 e. The number of carbonyl (C=O) groups excluding carboxylic acids is 1. The van der Waals surface area contributed by atoms with Crippen LogP contribution in [0.1, 0.15) is 52.4 Å². The molecule has 2 N–H and O–H groups in total. The lowest BCUT2D eigenvalue weighted by molar-refractivity contribution is -0.121. The Morgan fingerprint density at radius 1 is 1.15 bits per heavy atom. The van der Waals surface area contributed by atoms with Crippen molar-refractivity contribution in [3.05, 3.63) is 0 Å². The molecule has 0 radical (unpaired) electrons. The van der Waals surface area contributed by atoms with Crippen LogP contribution >= 0.6 is 0 Å². The Morgan fingerprint density at radius 3 is 2.55 bits per heavy atom. The monoisotopic (exact) mass is 282 g/mol. The minimum atomic E-state index is 0.143. The van der Waals surface area contributed by atoms with Crippen LogP contribution in [0, 0.1) is 11.8 Å². The summed E-state index contributed by atoms with van der Waals surface area (Å²) in [6.45, 7) is 6.61. The fourth-order valence-electron chi connectivity index (χ4n) is 3.56. The van der Waals surface area contributed by atoms with Gasteiger partial charge in [-0.2, -0.15) is 0 Å². The van der Waals surface area contributed by atoms with Crippen molar-refractivity contribution >= 4 is 5.91 Å². The first-order valence-electron chi connectivity index (χ1n) is 8.27. The third-order valence-corrected chi connectivity index (χ3v) is 4.79. The SMILES string of the molecule is CC(C)C1CCCCC1NCC(=O)NC1CCOCC1. The van der Waals surface area contributed by atoms with E-state index < -0.39 is 0 Å². The van der Waals surface area contributed by atoms with Gasteiger partial charge in [0.05, 0.1) is 6.54 Å². The van der Waals surface area contributed by atoms with Crippen molar-refractivity contribution in [3.8, 4) is 0 Å². The number of carbonyl (C=O) groups is 1. The van der Waals surface area contributed by atoms with Crippen LogP contribution < -0.4 is 10.6 Å². The van der Waals surface area contributed by atoms with Crippen LogP contribution in [0.25, 0.3) is 0 Å². The highest BCUT2D eigenvalue weighted by molar-refractivity contribution is 5.78. The zero-order valence-electron chi connectivity index (χ0n) is 13.0. The van der Waals surface area contributed by atoms with Gasteiger partial charge in [-0.25, -0.2) is 0 Å². The molecule has 1 aliphatic carbocycles. The van der Waals surface area contributed by atoms with Gasteiger partial charge in [-0.05, 0) is 37.5 Å². The van der Waals surface area contributed by atoms with Crippen LogP contribution in [0.4, 0.5) is 0 Å².